The molecule has 2 aromatic rings. The highest BCUT2D eigenvalue weighted by Gasteiger charge is 2.18. The fraction of sp³-hybridized carbons (Fsp3) is 0.533. The molecule has 0 amide bonds. The first-order valence-corrected chi connectivity index (χ1v) is 7.22. The average Bonchev–Trinajstić information content (AvgIpc) is 2.86. The first-order valence-electron chi connectivity index (χ1n) is 7.22. The summed E-state index contributed by atoms with van der Waals surface area (Å²) in [5, 5.41) is 7.20. The van der Waals surface area contributed by atoms with E-state index in [1.807, 2.05) is 19.2 Å². The molecule has 2 aromatic heterocycles. The van der Waals surface area contributed by atoms with E-state index in [2.05, 4.69) is 27.1 Å². The Labute approximate surface area is 119 Å². The number of aromatic amines is 1. The number of aryl methyl sites for hydroxylation is 1. The third-order valence-electron chi connectivity index (χ3n) is 3.87. The third kappa shape index (κ3) is 3.04. The lowest BCUT2D eigenvalue weighted by molar-refractivity contribution is 0.208. The van der Waals surface area contributed by atoms with Gasteiger partial charge >= 0.3 is 0 Å². The maximum atomic E-state index is 4.71. The molecule has 0 radical (unpaired) electrons. The highest BCUT2D eigenvalue weighted by Crippen LogP contribution is 2.20. The molecule has 1 atom stereocenters. The van der Waals surface area contributed by atoms with Gasteiger partial charge < -0.3 is 4.90 Å². The standard InChI is InChI=1S/C15H21N5/c1-11-6-14(19-18-11)15-9-16-8-13(17-15)7-12-4-3-5-20(2)10-12/h6,8-9,12H,3-5,7,10H2,1-2H3,(H,18,19). The molecule has 3 rings (SSSR count). The van der Waals surface area contributed by atoms with Crippen molar-refractivity contribution in [3.8, 4) is 11.4 Å². The molecule has 1 aliphatic heterocycles. The van der Waals surface area contributed by atoms with Crippen LogP contribution < -0.4 is 0 Å². The van der Waals surface area contributed by atoms with Gasteiger partial charge in [0.15, 0.2) is 0 Å². The number of likely N-dealkylation sites (tertiary alicyclic amines) is 1. The van der Waals surface area contributed by atoms with Crippen molar-refractivity contribution in [3.05, 3.63) is 29.8 Å². The normalized spacial score (nSPS) is 20.2. The Balaban J connectivity index is 1.74. The molecule has 0 saturated carbocycles. The molecule has 0 spiro atoms. The summed E-state index contributed by atoms with van der Waals surface area (Å²) >= 11 is 0. The lowest BCUT2D eigenvalue weighted by Crippen LogP contribution is -2.33. The summed E-state index contributed by atoms with van der Waals surface area (Å²) in [6.07, 6.45) is 7.25. The predicted molar refractivity (Wildman–Crippen MR) is 78.3 cm³/mol. The summed E-state index contributed by atoms with van der Waals surface area (Å²) in [5.41, 5.74) is 3.85. The molecule has 106 valence electrons. The number of rotatable bonds is 3. The van der Waals surface area contributed by atoms with Crippen molar-refractivity contribution in [3.63, 3.8) is 0 Å². The molecule has 0 aromatic carbocycles. The van der Waals surface area contributed by atoms with Crippen LogP contribution in [-0.2, 0) is 6.42 Å². The Morgan fingerprint density at radius 2 is 2.25 bits per heavy atom. The maximum absolute atomic E-state index is 4.71. The van der Waals surface area contributed by atoms with Crippen molar-refractivity contribution in [2.75, 3.05) is 20.1 Å². The molecular weight excluding hydrogens is 250 g/mol. The van der Waals surface area contributed by atoms with Crippen molar-refractivity contribution >= 4 is 0 Å². The van der Waals surface area contributed by atoms with Crippen molar-refractivity contribution in [2.24, 2.45) is 5.92 Å². The number of H-pyrrole nitrogens is 1. The lowest BCUT2D eigenvalue weighted by Gasteiger charge is -2.29. The number of hydrogen-bond acceptors (Lipinski definition) is 4. The van der Waals surface area contributed by atoms with Gasteiger partial charge in [0.1, 0.15) is 11.4 Å². The van der Waals surface area contributed by atoms with E-state index >= 15 is 0 Å². The van der Waals surface area contributed by atoms with Gasteiger partial charge in [-0.2, -0.15) is 5.10 Å². The van der Waals surface area contributed by atoms with Gasteiger partial charge in [0.25, 0.3) is 0 Å². The molecule has 1 unspecified atom stereocenters. The summed E-state index contributed by atoms with van der Waals surface area (Å²) in [5.74, 6) is 0.694. The minimum atomic E-state index is 0.694. The molecule has 1 N–H and O–H groups in total. The number of nitrogens with one attached hydrogen (secondary N) is 1. The monoisotopic (exact) mass is 271 g/mol. The Bertz CT molecular complexity index is 577. The van der Waals surface area contributed by atoms with Crippen LogP contribution in [0.1, 0.15) is 24.2 Å². The smallest absolute Gasteiger partial charge is 0.112 e. The van der Waals surface area contributed by atoms with E-state index in [0.29, 0.717) is 5.92 Å². The van der Waals surface area contributed by atoms with E-state index in [-0.39, 0.29) is 0 Å². The summed E-state index contributed by atoms with van der Waals surface area (Å²) in [6.45, 7) is 4.37. The van der Waals surface area contributed by atoms with Crippen LogP contribution >= 0.6 is 0 Å². The minimum Gasteiger partial charge on any atom is -0.306 e. The molecule has 0 bridgehead atoms. The third-order valence-corrected chi connectivity index (χ3v) is 3.87. The van der Waals surface area contributed by atoms with Crippen LogP contribution in [0.25, 0.3) is 11.4 Å². The van der Waals surface area contributed by atoms with Crippen LogP contribution in [-0.4, -0.2) is 45.2 Å². The van der Waals surface area contributed by atoms with Crippen LogP contribution in [0.5, 0.6) is 0 Å². The SMILES string of the molecule is Cc1cc(-c2cncc(CC3CCCN(C)C3)n2)n[nH]1. The summed E-state index contributed by atoms with van der Waals surface area (Å²) in [6, 6.07) is 2.00. The number of hydrogen-bond donors (Lipinski definition) is 1. The van der Waals surface area contributed by atoms with Crippen LogP contribution in [0.15, 0.2) is 18.5 Å². The maximum Gasteiger partial charge on any atom is 0.112 e. The Kier molecular flexibility index (Phi) is 3.78. The average molecular weight is 271 g/mol. The quantitative estimate of drug-likeness (QED) is 0.928. The second-order valence-electron chi connectivity index (χ2n) is 5.81. The van der Waals surface area contributed by atoms with Crippen molar-refractivity contribution in [1.29, 1.82) is 0 Å². The number of nitrogens with zero attached hydrogens (tertiary/aromatic N) is 4. The molecule has 20 heavy (non-hydrogen) atoms. The van der Waals surface area contributed by atoms with Gasteiger partial charge in [0.05, 0.1) is 11.9 Å². The summed E-state index contributed by atoms with van der Waals surface area (Å²) in [7, 11) is 2.20. The van der Waals surface area contributed by atoms with Crippen LogP contribution in [0.3, 0.4) is 0 Å². The van der Waals surface area contributed by atoms with E-state index in [1.165, 1.54) is 19.4 Å². The van der Waals surface area contributed by atoms with Gasteiger partial charge in [-0.05, 0) is 51.8 Å². The minimum absolute atomic E-state index is 0.694. The Morgan fingerprint density at radius 1 is 1.35 bits per heavy atom. The summed E-state index contributed by atoms with van der Waals surface area (Å²) < 4.78 is 0. The first kappa shape index (κ1) is 13.2. The fourth-order valence-corrected chi connectivity index (χ4v) is 2.91. The topological polar surface area (TPSA) is 57.7 Å². The number of aromatic nitrogens is 4. The predicted octanol–water partition coefficient (Wildman–Crippen LogP) is 2.06. The Morgan fingerprint density at radius 3 is 3.00 bits per heavy atom. The second-order valence-corrected chi connectivity index (χ2v) is 5.81. The Hall–Kier alpha value is -1.75. The molecule has 5 nitrogen and oxygen atoms in total. The highest BCUT2D eigenvalue weighted by atomic mass is 15.1. The van der Waals surface area contributed by atoms with Gasteiger partial charge in [-0.15, -0.1) is 0 Å². The van der Waals surface area contributed by atoms with E-state index in [1.54, 1.807) is 6.20 Å². The fourth-order valence-electron chi connectivity index (χ4n) is 2.91. The van der Waals surface area contributed by atoms with E-state index in [9.17, 15) is 0 Å². The zero-order valence-electron chi connectivity index (χ0n) is 12.1. The van der Waals surface area contributed by atoms with Gasteiger partial charge in [-0.25, -0.2) is 4.98 Å². The van der Waals surface area contributed by atoms with Gasteiger partial charge in [-0.1, -0.05) is 0 Å². The second kappa shape index (κ2) is 5.71. The molecule has 3 heterocycles. The first-order chi connectivity index (χ1) is 9.70. The van der Waals surface area contributed by atoms with Crippen LogP contribution in [0.4, 0.5) is 0 Å². The highest BCUT2D eigenvalue weighted by molar-refractivity contribution is 5.52. The van der Waals surface area contributed by atoms with Crippen molar-refractivity contribution in [2.45, 2.75) is 26.2 Å². The zero-order chi connectivity index (χ0) is 13.9. The van der Waals surface area contributed by atoms with E-state index in [4.69, 9.17) is 4.98 Å². The van der Waals surface area contributed by atoms with Crippen LogP contribution in [0.2, 0.25) is 0 Å². The van der Waals surface area contributed by atoms with E-state index in [0.717, 1.165) is 35.7 Å². The molecule has 0 aliphatic carbocycles. The molecule has 5 heteroatoms. The van der Waals surface area contributed by atoms with Crippen LogP contribution in [0, 0.1) is 12.8 Å². The van der Waals surface area contributed by atoms with Gasteiger partial charge in [0, 0.05) is 18.4 Å². The molecule has 1 fully saturated rings. The number of piperidine rings is 1. The molecule has 1 saturated heterocycles. The molecular formula is C15H21N5. The van der Waals surface area contributed by atoms with Crippen molar-refractivity contribution in [1.82, 2.24) is 25.1 Å². The molecule has 1 aliphatic rings. The lowest BCUT2D eigenvalue weighted by atomic mass is 9.94. The summed E-state index contributed by atoms with van der Waals surface area (Å²) in [4.78, 5) is 11.4. The largest absolute Gasteiger partial charge is 0.306 e. The zero-order valence-corrected chi connectivity index (χ0v) is 12.1. The van der Waals surface area contributed by atoms with Gasteiger partial charge in [-0.3, -0.25) is 10.1 Å². The van der Waals surface area contributed by atoms with Gasteiger partial charge in [0.2, 0.25) is 0 Å². The van der Waals surface area contributed by atoms with Crippen molar-refractivity contribution < 1.29 is 0 Å². The van der Waals surface area contributed by atoms with E-state index < -0.39 is 0 Å².